The molecule has 1 aromatic heterocycles. The van der Waals surface area contributed by atoms with E-state index in [-0.39, 0.29) is 11.7 Å². The number of carbonyl (C=O) groups excluding carboxylic acids is 3. The highest BCUT2D eigenvalue weighted by atomic mass is 16.3. The molecule has 7 heteroatoms. The zero-order valence-corrected chi connectivity index (χ0v) is 11.2. The largest absolute Gasteiger partial charge is 0.459 e. The van der Waals surface area contributed by atoms with Gasteiger partial charge in [0.25, 0.3) is 5.91 Å². The standard InChI is InChI=1S/C14H13N3O4/c1-9(18)15-11-6-4-10(5-7-11)13(19)16-17-14(20)12-3-2-8-21-12/h2-8H,1H3,(H,15,18)(H,16,19)(H,17,20). The fourth-order valence-electron chi connectivity index (χ4n) is 1.56. The third kappa shape index (κ3) is 3.93. The summed E-state index contributed by atoms with van der Waals surface area (Å²) in [6, 6.07) is 9.27. The van der Waals surface area contributed by atoms with Gasteiger partial charge in [-0.3, -0.25) is 25.2 Å². The van der Waals surface area contributed by atoms with E-state index in [0.29, 0.717) is 11.3 Å². The Morgan fingerprint density at radius 3 is 2.19 bits per heavy atom. The first-order valence-electron chi connectivity index (χ1n) is 6.08. The van der Waals surface area contributed by atoms with Crippen molar-refractivity contribution in [1.82, 2.24) is 10.9 Å². The molecule has 0 bridgehead atoms. The molecule has 0 radical (unpaired) electrons. The zero-order chi connectivity index (χ0) is 15.2. The zero-order valence-electron chi connectivity index (χ0n) is 11.2. The Kier molecular flexibility index (Phi) is 4.35. The van der Waals surface area contributed by atoms with E-state index in [1.807, 2.05) is 0 Å². The molecule has 0 saturated carbocycles. The first kappa shape index (κ1) is 14.3. The van der Waals surface area contributed by atoms with Crippen LogP contribution in [0.4, 0.5) is 5.69 Å². The molecule has 0 saturated heterocycles. The predicted octanol–water partition coefficient (Wildman–Crippen LogP) is 1.31. The van der Waals surface area contributed by atoms with Crippen molar-refractivity contribution in [3.05, 3.63) is 54.0 Å². The minimum atomic E-state index is -0.553. The summed E-state index contributed by atoms with van der Waals surface area (Å²) in [6.45, 7) is 1.39. The molecular formula is C14H13N3O4. The van der Waals surface area contributed by atoms with Crippen LogP contribution in [0.3, 0.4) is 0 Å². The summed E-state index contributed by atoms with van der Waals surface area (Å²) < 4.78 is 4.88. The molecule has 21 heavy (non-hydrogen) atoms. The van der Waals surface area contributed by atoms with Crippen LogP contribution in [0.15, 0.2) is 47.1 Å². The van der Waals surface area contributed by atoms with E-state index >= 15 is 0 Å². The number of furan rings is 1. The van der Waals surface area contributed by atoms with Gasteiger partial charge in [0.15, 0.2) is 5.76 Å². The van der Waals surface area contributed by atoms with Crippen LogP contribution in [0, 0.1) is 0 Å². The molecule has 3 N–H and O–H groups in total. The van der Waals surface area contributed by atoms with Crippen molar-refractivity contribution in [3.8, 4) is 0 Å². The van der Waals surface area contributed by atoms with Gasteiger partial charge in [0.2, 0.25) is 5.91 Å². The van der Waals surface area contributed by atoms with Gasteiger partial charge in [-0.15, -0.1) is 0 Å². The van der Waals surface area contributed by atoms with E-state index in [0.717, 1.165) is 0 Å². The maximum absolute atomic E-state index is 11.8. The molecule has 2 rings (SSSR count). The molecule has 0 atom stereocenters. The minimum absolute atomic E-state index is 0.0938. The number of amides is 3. The smallest absolute Gasteiger partial charge is 0.305 e. The second kappa shape index (κ2) is 6.38. The molecule has 0 unspecified atom stereocenters. The summed E-state index contributed by atoms with van der Waals surface area (Å²) in [7, 11) is 0. The molecule has 0 aliphatic heterocycles. The van der Waals surface area contributed by atoms with Crippen LogP contribution in [0.2, 0.25) is 0 Å². The summed E-state index contributed by atoms with van der Waals surface area (Å²) >= 11 is 0. The van der Waals surface area contributed by atoms with Crippen LogP contribution >= 0.6 is 0 Å². The Labute approximate surface area is 120 Å². The Balaban J connectivity index is 1.91. The van der Waals surface area contributed by atoms with Crippen LogP contribution in [-0.2, 0) is 4.79 Å². The summed E-state index contributed by atoms with van der Waals surface area (Å²) in [4.78, 5) is 34.2. The molecule has 1 heterocycles. The fourth-order valence-corrected chi connectivity index (χ4v) is 1.56. The third-order valence-electron chi connectivity index (χ3n) is 2.50. The van der Waals surface area contributed by atoms with Crippen LogP contribution < -0.4 is 16.2 Å². The number of carbonyl (C=O) groups is 3. The second-order valence-electron chi connectivity index (χ2n) is 4.14. The maximum Gasteiger partial charge on any atom is 0.305 e. The first-order chi connectivity index (χ1) is 10.1. The minimum Gasteiger partial charge on any atom is -0.459 e. The van der Waals surface area contributed by atoms with Crippen molar-refractivity contribution in [2.75, 3.05) is 5.32 Å². The highest BCUT2D eigenvalue weighted by molar-refractivity contribution is 5.98. The van der Waals surface area contributed by atoms with E-state index < -0.39 is 11.8 Å². The monoisotopic (exact) mass is 287 g/mol. The SMILES string of the molecule is CC(=O)Nc1ccc(C(=O)NNC(=O)c2ccco2)cc1. The van der Waals surface area contributed by atoms with E-state index in [1.165, 1.54) is 31.4 Å². The molecule has 0 fully saturated rings. The fraction of sp³-hybridized carbons (Fsp3) is 0.0714. The van der Waals surface area contributed by atoms with E-state index in [2.05, 4.69) is 16.2 Å². The van der Waals surface area contributed by atoms with Gasteiger partial charge in [-0.1, -0.05) is 0 Å². The van der Waals surface area contributed by atoms with E-state index in [1.54, 1.807) is 18.2 Å². The number of anilines is 1. The van der Waals surface area contributed by atoms with Gasteiger partial charge in [-0.2, -0.15) is 0 Å². The van der Waals surface area contributed by atoms with Crippen LogP contribution in [0.25, 0.3) is 0 Å². The van der Waals surface area contributed by atoms with Gasteiger partial charge in [0.05, 0.1) is 6.26 Å². The van der Waals surface area contributed by atoms with Gasteiger partial charge in [0, 0.05) is 18.2 Å². The molecule has 0 aliphatic rings. The average molecular weight is 287 g/mol. The Hall–Kier alpha value is -3.09. The average Bonchev–Trinajstić information content (AvgIpc) is 2.99. The molecule has 1 aromatic carbocycles. The maximum atomic E-state index is 11.8. The van der Waals surface area contributed by atoms with Crippen molar-refractivity contribution in [1.29, 1.82) is 0 Å². The van der Waals surface area contributed by atoms with Crippen molar-refractivity contribution >= 4 is 23.4 Å². The number of nitrogens with one attached hydrogen (secondary N) is 3. The molecule has 7 nitrogen and oxygen atoms in total. The lowest BCUT2D eigenvalue weighted by atomic mass is 10.2. The highest BCUT2D eigenvalue weighted by Gasteiger charge is 2.10. The molecular weight excluding hydrogens is 274 g/mol. The Morgan fingerprint density at radius 1 is 0.952 bits per heavy atom. The van der Waals surface area contributed by atoms with Gasteiger partial charge < -0.3 is 9.73 Å². The molecule has 3 amide bonds. The third-order valence-corrected chi connectivity index (χ3v) is 2.50. The number of rotatable bonds is 3. The topological polar surface area (TPSA) is 100 Å². The van der Waals surface area contributed by atoms with Crippen molar-refractivity contribution in [2.45, 2.75) is 6.92 Å². The van der Waals surface area contributed by atoms with Gasteiger partial charge in [0.1, 0.15) is 0 Å². The first-order valence-corrected chi connectivity index (χ1v) is 6.08. The van der Waals surface area contributed by atoms with Crippen LogP contribution in [0.5, 0.6) is 0 Å². The summed E-state index contributed by atoms with van der Waals surface area (Å²) in [5.41, 5.74) is 5.41. The van der Waals surface area contributed by atoms with Crippen molar-refractivity contribution in [3.63, 3.8) is 0 Å². The van der Waals surface area contributed by atoms with Gasteiger partial charge >= 0.3 is 5.91 Å². The van der Waals surface area contributed by atoms with Crippen molar-refractivity contribution < 1.29 is 18.8 Å². The van der Waals surface area contributed by atoms with Crippen LogP contribution in [-0.4, -0.2) is 17.7 Å². The van der Waals surface area contributed by atoms with Gasteiger partial charge in [-0.25, -0.2) is 0 Å². The molecule has 108 valence electrons. The second-order valence-corrected chi connectivity index (χ2v) is 4.14. The molecule has 0 aliphatic carbocycles. The molecule has 2 aromatic rings. The summed E-state index contributed by atoms with van der Waals surface area (Å²) in [5, 5.41) is 2.59. The van der Waals surface area contributed by atoms with Gasteiger partial charge in [-0.05, 0) is 36.4 Å². The van der Waals surface area contributed by atoms with Crippen LogP contribution in [0.1, 0.15) is 27.8 Å². The highest BCUT2D eigenvalue weighted by Crippen LogP contribution is 2.09. The predicted molar refractivity (Wildman–Crippen MR) is 74.4 cm³/mol. The summed E-state index contributed by atoms with van der Waals surface area (Å²) in [6.07, 6.45) is 1.36. The Bertz CT molecular complexity index is 647. The number of hydrogen-bond acceptors (Lipinski definition) is 4. The quantitative estimate of drug-likeness (QED) is 0.741. The van der Waals surface area contributed by atoms with Crippen molar-refractivity contribution in [2.24, 2.45) is 0 Å². The number of benzene rings is 1. The Morgan fingerprint density at radius 2 is 1.62 bits per heavy atom. The normalized spacial score (nSPS) is 9.76. The lowest BCUT2D eigenvalue weighted by Crippen LogP contribution is -2.41. The number of hydrazine groups is 1. The number of hydrogen-bond donors (Lipinski definition) is 3. The lowest BCUT2D eigenvalue weighted by molar-refractivity contribution is -0.114. The van der Waals surface area contributed by atoms with E-state index in [4.69, 9.17) is 4.42 Å². The van der Waals surface area contributed by atoms with E-state index in [9.17, 15) is 14.4 Å². The molecule has 0 spiro atoms. The summed E-state index contributed by atoms with van der Waals surface area (Å²) in [5.74, 6) is -1.14. The lowest BCUT2D eigenvalue weighted by Gasteiger charge is -2.07.